The van der Waals surface area contributed by atoms with Crippen LogP contribution in [0.3, 0.4) is 0 Å². The van der Waals surface area contributed by atoms with Crippen LogP contribution in [0.5, 0.6) is 0 Å². The molecule has 12 heavy (non-hydrogen) atoms. The zero-order valence-corrected chi connectivity index (χ0v) is 6.83. The van der Waals surface area contributed by atoms with Gasteiger partial charge in [-0.15, -0.1) is 0 Å². The van der Waals surface area contributed by atoms with Gasteiger partial charge in [0.15, 0.2) is 0 Å². The first kappa shape index (κ1) is 8.50. The fourth-order valence-corrected chi connectivity index (χ4v) is 0.675. The maximum Gasteiger partial charge on any atom is 0.222 e. The van der Waals surface area contributed by atoms with E-state index in [1.165, 1.54) is 0 Å². The van der Waals surface area contributed by atoms with Gasteiger partial charge in [-0.3, -0.25) is 0 Å². The Kier molecular flexibility index (Phi) is 3.05. The lowest BCUT2D eigenvalue weighted by Crippen LogP contribution is -1.96. The van der Waals surface area contributed by atoms with Gasteiger partial charge in [-0.05, 0) is 0 Å². The van der Waals surface area contributed by atoms with Crippen LogP contribution < -0.4 is 11.1 Å². The fourth-order valence-electron chi connectivity index (χ4n) is 0.675. The van der Waals surface area contributed by atoms with Gasteiger partial charge in [0.25, 0.3) is 0 Å². The van der Waals surface area contributed by atoms with Crippen molar-refractivity contribution in [3.63, 3.8) is 0 Å². The second kappa shape index (κ2) is 4.31. The molecule has 62 valence electrons. The van der Waals surface area contributed by atoms with E-state index in [2.05, 4.69) is 27.1 Å². The Hall–Kier alpha value is -1.60. The molecule has 0 aliphatic carbocycles. The smallest absolute Gasteiger partial charge is 0.222 e. The summed E-state index contributed by atoms with van der Waals surface area (Å²) in [6.45, 7) is 0.355. The lowest BCUT2D eigenvalue weighted by Gasteiger charge is -1.94. The third-order valence-electron chi connectivity index (χ3n) is 1.21. The molecule has 3 N–H and O–H groups in total. The van der Waals surface area contributed by atoms with E-state index < -0.39 is 0 Å². The van der Waals surface area contributed by atoms with Crippen LogP contribution in [-0.4, -0.2) is 23.6 Å². The van der Waals surface area contributed by atoms with Gasteiger partial charge in [-0.25, -0.2) is 9.97 Å². The molecule has 1 aromatic rings. The number of hydrogen-bond donors (Lipinski definition) is 2. The summed E-state index contributed by atoms with van der Waals surface area (Å²) in [7, 11) is 1.76. The van der Waals surface area contributed by atoms with E-state index in [4.69, 9.17) is 5.73 Å². The largest absolute Gasteiger partial charge is 0.357 e. The molecule has 0 aromatic carbocycles. The predicted octanol–water partition coefficient (Wildman–Crippen LogP) is -0.172. The highest BCUT2D eigenvalue weighted by Gasteiger charge is 1.89. The van der Waals surface area contributed by atoms with Crippen molar-refractivity contribution >= 4 is 5.95 Å². The summed E-state index contributed by atoms with van der Waals surface area (Å²) < 4.78 is 0. The molecule has 0 bridgehead atoms. The molecule has 0 saturated heterocycles. The normalized spacial score (nSPS) is 8.50. The number of nitrogens with two attached hydrogens (primary N) is 1. The minimum atomic E-state index is 0.355. The van der Waals surface area contributed by atoms with E-state index in [1.807, 2.05) is 0 Å². The second-order valence-electron chi connectivity index (χ2n) is 2.05. The van der Waals surface area contributed by atoms with E-state index in [1.54, 1.807) is 19.4 Å². The fraction of sp³-hybridized carbons (Fsp3) is 0.250. The van der Waals surface area contributed by atoms with Crippen molar-refractivity contribution in [2.75, 3.05) is 18.9 Å². The summed E-state index contributed by atoms with van der Waals surface area (Å²) in [5, 5.41) is 2.82. The van der Waals surface area contributed by atoms with Crippen molar-refractivity contribution in [2.24, 2.45) is 5.73 Å². The van der Waals surface area contributed by atoms with Crippen molar-refractivity contribution in [1.29, 1.82) is 0 Å². The van der Waals surface area contributed by atoms with Gasteiger partial charge in [0, 0.05) is 19.4 Å². The average molecular weight is 162 g/mol. The van der Waals surface area contributed by atoms with E-state index in [-0.39, 0.29) is 0 Å². The Labute approximate surface area is 71.2 Å². The van der Waals surface area contributed by atoms with Crippen LogP contribution in [0.2, 0.25) is 0 Å². The van der Waals surface area contributed by atoms with Crippen molar-refractivity contribution in [3.8, 4) is 11.8 Å². The molecular formula is C8H10N4. The Morgan fingerprint density at radius 3 is 2.67 bits per heavy atom. The molecule has 0 fully saturated rings. The van der Waals surface area contributed by atoms with Crippen LogP contribution in [0.15, 0.2) is 12.4 Å². The Balaban J connectivity index is 2.78. The average Bonchev–Trinajstić information content (AvgIpc) is 2.15. The highest BCUT2D eigenvalue weighted by Crippen LogP contribution is 1.96. The Morgan fingerprint density at radius 2 is 2.17 bits per heavy atom. The third kappa shape index (κ3) is 2.22. The zero-order valence-electron chi connectivity index (χ0n) is 6.83. The van der Waals surface area contributed by atoms with Gasteiger partial charge in [0.2, 0.25) is 5.95 Å². The molecule has 0 amide bonds. The summed E-state index contributed by atoms with van der Waals surface area (Å²) in [5.41, 5.74) is 5.98. The van der Waals surface area contributed by atoms with Crippen LogP contribution in [0, 0.1) is 11.8 Å². The number of rotatable bonds is 1. The van der Waals surface area contributed by atoms with Crippen LogP contribution in [0.1, 0.15) is 5.56 Å². The van der Waals surface area contributed by atoms with Gasteiger partial charge >= 0.3 is 0 Å². The highest BCUT2D eigenvalue weighted by molar-refractivity contribution is 5.33. The third-order valence-corrected chi connectivity index (χ3v) is 1.21. The second-order valence-corrected chi connectivity index (χ2v) is 2.05. The molecule has 0 saturated carbocycles. The van der Waals surface area contributed by atoms with Crippen LogP contribution >= 0.6 is 0 Å². The number of hydrogen-bond acceptors (Lipinski definition) is 4. The Morgan fingerprint density at radius 1 is 1.50 bits per heavy atom. The molecule has 4 heteroatoms. The minimum absolute atomic E-state index is 0.355. The van der Waals surface area contributed by atoms with E-state index in [9.17, 15) is 0 Å². The molecule has 0 atom stereocenters. The summed E-state index contributed by atoms with van der Waals surface area (Å²) >= 11 is 0. The molecular weight excluding hydrogens is 152 g/mol. The number of nitrogens with zero attached hydrogens (tertiary/aromatic N) is 2. The van der Waals surface area contributed by atoms with E-state index in [0.29, 0.717) is 12.5 Å². The predicted molar refractivity (Wildman–Crippen MR) is 47.5 cm³/mol. The molecule has 4 nitrogen and oxygen atoms in total. The number of anilines is 1. The summed E-state index contributed by atoms with van der Waals surface area (Å²) in [5.74, 6) is 6.14. The number of nitrogens with one attached hydrogen (secondary N) is 1. The number of aromatic nitrogens is 2. The maximum atomic E-state index is 5.21. The minimum Gasteiger partial charge on any atom is -0.357 e. The summed E-state index contributed by atoms with van der Waals surface area (Å²) in [6, 6.07) is 0. The molecule has 1 aromatic heterocycles. The first-order valence-corrected chi connectivity index (χ1v) is 3.55. The highest BCUT2D eigenvalue weighted by atomic mass is 15.1. The lowest BCUT2D eigenvalue weighted by molar-refractivity contribution is 1.14. The molecule has 1 rings (SSSR count). The van der Waals surface area contributed by atoms with Crippen LogP contribution in [0.25, 0.3) is 0 Å². The zero-order chi connectivity index (χ0) is 8.81. The van der Waals surface area contributed by atoms with Gasteiger partial charge in [-0.2, -0.15) is 0 Å². The maximum absolute atomic E-state index is 5.21. The monoisotopic (exact) mass is 162 g/mol. The quantitative estimate of drug-likeness (QED) is 0.563. The van der Waals surface area contributed by atoms with Gasteiger partial charge < -0.3 is 11.1 Å². The molecule has 0 aliphatic heterocycles. The standard InChI is InChI=1S/C8H10N4/c1-10-8-11-5-7(6-12-8)3-2-4-9/h5-6H,4,9H2,1H3,(H,10,11,12). The first-order chi connectivity index (χ1) is 5.86. The summed E-state index contributed by atoms with van der Waals surface area (Å²) in [6.07, 6.45) is 3.31. The topological polar surface area (TPSA) is 63.8 Å². The molecule has 1 heterocycles. The van der Waals surface area contributed by atoms with Crippen molar-refractivity contribution in [1.82, 2.24) is 9.97 Å². The van der Waals surface area contributed by atoms with Gasteiger partial charge in [0.1, 0.15) is 0 Å². The van der Waals surface area contributed by atoms with Gasteiger partial charge in [0.05, 0.1) is 12.1 Å². The van der Waals surface area contributed by atoms with Crippen molar-refractivity contribution < 1.29 is 0 Å². The van der Waals surface area contributed by atoms with Crippen LogP contribution in [-0.2, 0) is 0 Å². The lowest BCUT2D eigenvalue weighted by atomic mass is 10.3. The van der Waals surface area contributed by atoms with Gasteiger partial charge in [-0.1, -0.05) is 11.8 Å². The molecule has 0 spiro atoms. The van der Waals surface area contributed by atoms with E-state index >= 15 is 0 Å². The molecule has 0 unspecified atom stereocenters. The molecule has 0 aliphatic rings. The Bertz CT molecular complexity index is 293. The van der Waals surface area contributed by atoms with Crippen LogP contribution in [0.4, 0.5) is 5.95 Å². The van der Waals surface area contributed by atoms with E-state index in [0.717, 1.165) is 5.56 Å². The first-order valence-electron chi connectivity index (χ1n) is 3.55. The SMILES string of the molecule is CNc1ncc(C#CCN)cn1. The van der Waals surface area contributed by atoms with Crippen molar-refractivity contribution in [3.05, 3.63) is 18.0 Å². The summed E-state index contributed by atoms with van der Waals surface area (Å²) in [4.78, 5) is 7.97. The molecule has 0 radical (unpaired) electrons. The van der Waals surface area contributed by atoms with Crippen molar-refractivity contribution in [2.45, 2.75) is 0 Å².